The molecular weight excluding hydrogens is 280 g/mol. The predicted octanol–water partition coefficient (Wildman–Crippen LogP) is 5.77. The summed E-state index contributed by atoms with van der Waals surface area (Å²) in [5.74, 6) is 1.71. The average Bonchev–Trinajstić information content (AvgIpc) is 2.56. The number of hydrogen-bond acceptors (Lipinski definition) is 2. The van der Waals surface area contributed by atoms with E-state index in [9.17, 15) is 0 Å². The largest absolute Gasteiger partial charge is 0.241 e. The molecule has 0 spiro atoms. The standard InChI is InChI=1S/C21H30N2/c1-5-8-17(9-6-2)13-21-22-14-20(15-23-21)19-11-10-18(7-3)16(4)12-19/h10-12,14-15,17H,5-9,13H2,1-4H3. The number of benzene rings is 1. The predicted molar refractivity (Wildman–Crippen MR) is 98.6 cm³/mol. The fourth-order valence-electron chi connectivity index (χ4n) is 3.30. The topological polar surface area (TPSA) is 25.8 Å². The van der Waals surface area contributed by atoms with Crippen LogP contribution in [-0.2, 0) is 12.8 Å². The monoisotopic (exact) mass is 310 g/mol. The molecule has 0 amide bonds. The lowest BCUT2D eigenvalue weighted by Crippen LogP contribution is -2.07. The Morgan fingerprint density at radius 2 is 1.57 bits per heavy atom. The Labute approximate surface area is 141 Å². The molecule has 23 heavy (non-hydrogen) atoms. The minimum Gasteiger partial charge on any atom is -0.241 e. The van der Waals surface area contributed by atoms with Gasteiger partial charge < -0.3 is 0 Å². The van der Waals surface area contributed by atoms with Gasteiger partial charge in [0.2, 0.25) is 0 Å². The van der Waals surface area contributed by atoms with E-state index in [1.165, 1.54) is 42.4 Å². The lowest BCUT2D eigenvalue weighted by Gasteiger charge is -2.14. The number of rotatable bonds is 8. The van der Waals surface area contributed by atoms with Crippen LogP contribution in [0.25, 0.3) is 11.1 Å². The van der Waals surface area contributed by atoms with Crippen LogP contribution in [0.4, 0.5) is 0 Å². The summed E-state index contributed by atoms with van der Waals surface area (Å²) in [5.41, 5.74) is 5.08. The summed E-state index contributed by atoms with van der Waals surface area (Å²) >= 11 is 0. The Balaban J connectivity index is 2.11. The molecule has 2 nitrogen and oxygen atoms in total. The highest BCUT2D eigenvalue weighted by molar-refractivity contribution is 5.63. The molecule has 0 radical (unpaired) electrons. The first-order chi connectivity index (χ1) is 11.2. The van der Waals surface area contributed by atoms with Gasteiger partial charge in [0, 0.05) is 24.4 Å². The van der Waals surface area contributed by atoms with Gasteiger partial charge in [-0.05, 0) is 36.0 Å². The van der Waals surface area contributed by atoms with Gasteiger partial charge >= 0.3 is 0 Å². The molecule has 0 aliphatic rings. The van der Waals surface area contributed by atoms with Gasteiger partial charge in [-0.2, -0.15) is 0 Å². The molecule has 0 N–H and O–H groups in total. The van der Waals surface area contributed by atoms with Crippen molar-refractivity contribution in [3.63, 3.8) is 0 Å². The summed E-state index contributed by atoms with van der Waals surface area (Å²) in [6.07, 6.45) is 11.1. The third-order valence-corrected chi connectivity index (χ3v) is 4.63. The third kappa shape index (κ3) is 4.89. The van der Waals surface area contributed by atoms with Crippen molar-refractivity contribution in [1.29, 1.82) is 0 Å². The molecule has 0 bridgehead atoms. The van der Waals surface area contributed by atoms with E-state index in [1.54, 1.807) is 0 Å². The number of nitrogens with zero attached hydrogens (tertiary/aromatic N) is 2. The van der Waals surface area contributed by atoms with Gasteiger partial charge in [0.1, 0.15) is 5.82 Å². The minimum absolute atomic E-state index is 0.724. The van der Waals surface area contributed by atoms with Gasteiger partial charge in [0.25, 0.3) is 0 Å². The van der Waals surface area contributed by atoms with Crippen LogP contribution in [0.15, 0.2) is 30.6 Å². The van der Waals surface area contributed by atoms with E-state index in [-0.39, 0.29) is 0 Å². The lowest BCUT2D eigenvalue weighted by atomic mass is 9.94. The van der Waals surface area contributed by atoms with Crippen LogP contribution in [-0.4, -0.2) is 9.97 Å². The molecule has 0 fully saturated rings. The van der Waals surface area contributed by atoms with Gasteiger partial charge in [-0.25, -0.2) is 9.97 Å². The first-order valence-electron chi connectivity index (χ1n) is 9.08. The second-order valence-corrected chi connectivity index (χ2v) is 6.53. The summed E-state index contributed by atoms with van der Waals surface area (Å²) in [6.45, 7) is 8.89. The molecule has 0 atom stereocenters. The van der Waals surface area contributed by atoms with E-state index in [2.05, 4.69) is 55.9 Å². The van der Waals surface area contributed by atoms with Crippen molar-refractivity contribution in [2.45, 2.75) is 66.2 Å². The number of hydrogen-bond donors (Lipinski definition) is 0. The molecule has 1 aromatic carbocycles. The molecule has 124 valence electrons. The third-order valence-electron chi connectivity index (χ3n) is 4.63. The quantitative estimate of drug-likeness (QED) is 0.618. The van der Waals surface area contributed by atoms with Crippen LogP contribution >= 0.6 is 0 Å². The Morgan fingerprint density at radius 1 is 0.913 bits per heavy atom. The summed E-state index contributed by atoms with van der Waals surface area (Å²) in [6, 6.07) is 6.65. The summed E-state index contributed by atoms with van der Waals surface area (Å²) < 4.78 is 0. The lowest BCUT2D eigenvalue weighted by molar-refractivity contribution is 0.429. The molecular formula is C21H30N2. The van der Waals surface area contributed by atoms with Crippen LogP contribution < -0.4 is 0 Å². The van der Waals surface area contributed by atoms with Crippen LogP contribution in [0.1, 0.15) is 63.4 Å². The summed E-state index contributed by atoms with van der Waals surface area (Å²) in [7, 11) is 0. The maximum absolute atomic E-state index is 4.62. The zero-order valence-corrected chi connectivity index (χ0v) is 15.1. The number of aryl methyl sites for hydroxylation is 2. The van der Waals surface area contributed by atoms with Crippen LogP contribution in [0.5, 0.6) is 0 Å². The highest BCUT2D eigenvalue weighted by Gasteiger charge is 2.10. The molecule has 0 unspecified atom stereocenters. The average molecular weight is 310 g/mol. The first-order valence-corrected chi connectivity index (χ1v) is 9.08. The fraction of sp³-hybridized carbons (Fsp3) is 0.524. The van der Waals surface area contributed by atoms with Crippen molar-refractivity contribution in [3.05, 3.63) is 47.5 Å². The zero-order valence-electron chi connectivity index (χ0n) is 15.1. The van der Waals surface area contributed by atoms with E-state index < -0.39 is 0 Å². The molecule has 0 saturated heterocycles. The van der Waals surface area contributed by atoms with Crippen LogP contribution in [0.2, 0.25) is 0 Å². The molecule has 0 saturated carbocycles. The maximum atomic E-state index is 4.62. The molecule has 1 aromatic heterocycles. The Bertz CT molecular complexity index is 596. The van der Waals surface area contributed by atoms with Crippen molar-refractivity contribution in [1.82, 2.24) is 9.97 Å². The van der Waals surface area contributed by atoms with Gasteiger partial charge in [-0.3, -0.25) is 0 Å². The van der Waals surface area contributed by atoms with Gasteiger partial charge in [-0.15, -0.1) is 0 Å². The van der Waals surface area contributed by atoms with Crippen molar-refractivity contribution >= 4 is 0 Å². The molecule has 0 aliphatic heterocycles. The highest BCUT2D eigenvalue weighted by atomic mass is 14.9. The Hall–Kier alpha value is -1.70. The van der Waals surface area contributed by atoms with E-state index in [4.69, 9.17) is 0 Å². The van der Waals surface area contributed by atoms with E-state index in [0.717, 1.165) is 30.1 Å². The smallest absolute Gasteiger partial charge is 0.128 e. The van der Waals surface area contributed by atoms with E-state index >= 15 is 0 Å². The molecule has 2 heteroatoms. The second kappa shape index (κ2) is 8.81. The highest BCUT2D eigenvalue weighted by Crippen LogP contribution is 2.22. The van der Waals surface area contributed by atoms with Crippen LogP contribution in [0, 0.1) is 12.8 Å². The number of aromatic nitrogens is 2. The maximum Gasteiger partial charge on any atom is 0.128 e. The normalized spacial score (nSPS) is 11.2. The minimum atomic E-state index is 0.724. The SMILES string of the molecule is CCCC(CCC)Cc1ncc(-c2ccc(CC)c(C)c2)cn1. The van der Waals surface area contributed by atoms with Gasteiger partial charge in [-0.1, -0.05) is 64.7 Å². The first kappa shape index (κ1) is 17.7. The zero-order chi connectivity index (χ0) is 16.7. The Morgan fingerprint density at radius 3 is 2.09 bits per heavy atom. The molecule has 1 heterocycles. The summed E-state index contributed by atoms with van der Waals surface area (Å²) in [5, 5.41) is 0. The van der Waals surface area contributed by atoms with Gasteiger partial charge in [0.05, 0.1) is 0 Å². The fourth-order valence-corrected chi connectivity index (χ4v) is 3.30. The van der Waals surface area contributed by atoms with Crippen molar-refractivity contribution < 1.29 is 0 Å². The second-order valence-electron chi connectivity index (χ2n) is 6.53. The van der Waals surface area contributed by atoms with Crippen molar-refractivity contribution in [3.8, 4) is 11.1 Å². The van der Waals surface area contributed by atoms with Gasteiger partial charge in [0.15, 0.2) is 0 Å². The molecule has 0 aliphatic carbocycles. The van der Waals surface area contributed by atoms with Crippen LogP contribution in [0.3, 0.4) is 0 Å². The van der Waals surface area contributed by atoms with Crippen molar-refractivity contribution in [2.24, 2.45) is 5.92 Å². The Kier molecular flexibility index (Phi) is 6.76. The van der Waals surface area contributed by atoms with E-state index in [0.29, 0.717) is 0 Å². The van der Waals surface area contributed by atoms with E-state index in [1.807, 2.05) is 12.4 Å². The van der Waals surface area contributed by atoms with Crippen molar-refractivity contribution in [2.75, 3.05) is 0 Å². The summed E-state index contributed by atoms with van der Waals surface area (Å²) in [4.78, 5) is 9.24. The molecule has 2 aromatic rings. The molecule has 2 rings (SSSR count).